The zero-order chi connectivity index (χ0) is 29.3. The smallest absolute Gasteiger partial charge is 0.336 e. The van der Waals surface area contributed by atoms with Gasteiger partial charge in [0.25, 0.3) is 0 Å². The third kappa shape index (κ3) is 3.58. The average Bonchev–Trinajstić information content (AvgIpc) is 3.27. The number of carbonyl (C=O) groups excluding carboxylic acids is 1. The van der Waals surface area contributed by atoms with Crippen molar-refractivity contribution in [3.05, 3.63) is 93.4 Å². The van der Waals surface area contributed by atoms with Crippen LogP contribution >= 0.6 is 0 Å². The standard InChI is InChI=1S/C32H32N2O6/c1-7-33-21-13-9-11-17(29(37)38)25(21)31(3,4)23(33)15-19-27(35)20(28(19)36)16-24-32(5,6)26-18(30(39)40)12-10-14-22(26)34(24)8-2/h9-16H,7-8H2,1-6H3,(H2-,35,36,37,38,39,40)/p+1. The molecule has 0 spiro atoms. The second kappa shape index (κ2) is 9.05. The largest absolute Gasteiger partial charge is 0.506 e. The fraction of sp³-hybridized carbons (Fsp3) is 0.312. The average molecular weight is 542 g/mol. The van der Waals surface area contributed by atoms with Gasteiger partial charge in [-0.2, -0.15) is 4.58 Å². The lowest BCUT2D eigenvalue weighted by Gasteiger charge is -2.28. The number of anilines is 1. The lowest BCUT2D eigenvalue weighted by molar-refractivity contribution is -0.433. The molecular formula is C32H33N2O6+. The number of rotatable bonds is 6. The first kappa shape index (κ1) is 27.1. The van der Waals surface area contributed by atoms with Crippen LogP contribution in [0.5, 0.6) is 0 Å². The maximum atomic E-state index is 13.5. The molecule has 2 heterocycles. The van der Waals surface area contributed by atoms with Gasteiger partial charge in [-0.3, -0.25) is 4.79 Å². The third-order valence-corrected chi connectivity index (χ3v) is 8.43. The highest BCUT2D eigenvalue weighted by atomic mass is 16.4. The number of carboxylic acids is 2. The molecular weight excluding hydrogens is 508 g/mol. The first-order valence-corrected chi connectivity index (χ1v) is 13.4. The van der Waals surface area contributed by atoms with Crippen molar-refractivity contribution in [2.24, 2.45) is 0 Å². The van der Waals surface area contributed by atoms with Crippen LogP contribution < -0.4 is 4.90 Å². The van der Waals surface area contributed by atoms with Gasteiger partial charge in [0.05, 0.1) is 33.3 Å². The van der Waals surface area contributed by atoms with E-state index in [1.54, 1.807) is 36.4 Å². The highest BCUT2D eigenvalue weighted by Gasteiger charge is 2.49. The highest BCUT2D eigenvalue weighted by molar-refractivity contribution is 6.24. The van der Waals surface area contributed by atoms with Gasteiger partial charge in [0, 0.05) is 41.1 Å². The minimum Gasteiger partial charge on any atom is -0.506 e. The van der Waals surface area contributed by atoms with Crippen LogP contribution in [0.3, 0.4) is 0 Å². The molecule has 2 aromatic rings. The molecule has 3 N–H and O–H groups in total. The number of hydrogen-bond donors (Lipinski definition) is 3. The topological polar surface area (TPSA) is 118 Å². The van der Waals surface area contributed by atoms with Crippen LogP contribution in [-0.2, 0) is 15.6 Å². The van der Waals surface area contributed by atoms with Gasteiger partial charge in [-0.15, -0.1) is 0 Å². The molecule has 1 aliphatic carbocycles. The van der Waals surface area contributed by atoms with Crippen molar-refractivity contribution in [1.29, 1.82) is 0 Å². The van der Waals surface area contributed by atoms with Crippen molar-refractivity contribution >= 4 is 34.8 Å². The lowest BCUT2D eigenvalue weighted by Crippen LogP contribution is -2.32. The van der Waals surface area contributed by atoms with E-state index >= 15 is 0 Å². The van der Waals surface area contributed by atoms with E-state index in [1.165, 1.54) is 0 Å². The van der Waals surface area contributed by atoms with Gasteiger partial charge < -0.3 is 20.2 Å². The van der Waals surface area contributed by atoms with Gasteiger partial charge in [-0.1, -0.05) is 26.0 Å². The molecule has 0 radical (unpaired) electrons. The normalized spacial score (nSPS) is 20.8. The van der Waals surface area contributed by atoms with E-state index in [-0.39, 0.29) is 33.8 Å². The number of aromatic carboxylic acids is 2. The molecule has 0 amide bonds. The maximum absolute atomic E-state index is 13.5. The Balaban J connectivity index is 1.61. The van der Waals surface area contributed by atoms with E-state index in [4.69, 9.17) is 0 Å². The van der Waals surface area contributed by atoms with E-state index in [2.05, 4.69) is 0 Å². The van der Waals surface area contributed by atoms with Crippen LogP contribution in [0.1, 0.15) is 73.4 Å². The molecule has 0 bridgehead atoms. The predicted octanol–water partition coefficient (Wildman–Crippen LogP) is 5.50. The third-order valence-electron chi connectivity index (χ3n) is 8.43. The Morgan fingerprint density at radius 1 is 0.900 bits per heavy atom. The first-order valence-electron chi connectivity index (χ1n) is 13.4. The summed E-state index contributed by atoms with van der Waals surface area (Å²) >= 11 is 0. The zero-order valence-corrected chi connectivity index (χ0v) is 23.5. The number of Topliss-reactive ketones (excluding diaryl/α,β-unsaturated/α-hetero) is 1. The number of fused-ring (bicyclic) bond motifs is 2. The second-order valence-electron chi connectivity index (χ2n) is 11.3. The van der Waals surface area contributed by atoms with Gasteiger partial charge >= 0.3 is 11.9 Å². The van der Waals surface area contributed by atoms with Crippen molar-refractivity contribution in [1.82, 2.24) is 0 Å². The minimum atomic E-state index is -1.02. The molecule has 5 rings (SSSR count). The van der Waals surface area contributed by atoms with Crippen LogP contribution in [-0.4, -0.2) is 56.4 Å². The van der Waals surface area contributed by atoms with Gasteiger partial charge in [-0.05, 0) is 52.0 Å². The first-order chi connectivity index (χ1) is 18.8. The number of benzene rings is 2. The van der Waals surface area contributed by atoms with Gasteiger partial charge in [0.2, 0.25) is 11.5 Å². The van der Waals surface area contributed by atoms with E-state index < -0.39 is 22.8 Å². The summed E-state index contributed by atoms with van der Waals surface area (Å²) in [5.74, 6) is -2.48. The Kier molecular flexibility index (Phi) is 6.13. The number of allylic oxidation sites excluding steroid dienone is 5. The molecule has 2 aliphatic heterocycles. The van der Waals surface area contributed by atoms with E-state index in [1.807, 2.05) is 63.2 Å². The number of aliphatic hydroxyl groups excluding tert-OH is 1. The molecule has 8 nitrogen and oxygen atoms in total. The van der Waals surface area contributed by atoms with E-state index in [0.717, 1.165) is 22.8 Å². The molecule has 8 heteroatoms. The molecule has 40 heavy (non-hydrogen) atoms. The van der Waals surface area contributed by atoms with Gasteiger partial charge in [-0.25, -0.2) is 9.59 Å². The van der Waals surface area contributed by atoms with Crippen molar-refractivity contribution in [3.63, 3.8) is 0 Å². The highest BCUT2D eigenvalue weighted by Crippen LogP contribution is 2.50. The lowest BCUT2D eigenvalue weighted by atomic mass is 9.76. The number of aliphatic hydroxyl groups is 1. The minimum absolute atomic E-state index is 0.132. The molecule has 0 saturated carbocycles. The molecule has 0 saturated heterocycles. The van der Waals surface area contributed by atoms with Gasteiger partial charge in [0.1, 0.15) is 12.3 Å². The predicted molar refractivity (Wildman–Crippen MR) is 152 cm³/mol. The van der Waals surface area contributed by atoms with Crippen molar-refractivity contribution in [2.45, 2.75) is 52.4 Å². The van der Waals surface area contributed by atoms with Crippen molar-refractivity contribution < 1.29 is 34.3 Å². The summed E-state index contributed by atoms with van der Waals surface area (Å²) < 4.78 is 1.98. The summed E-state index contributed by atoms with van der Waals surface area (Å²) in [6, 6.07) is 10.3. The SMILES string of the molecule is CCN1/C(=C\C2=C(O)C(=C\C3=[N+](CC)c4cccc(C(=O)O)c4C3(C)C)/C2=O)C(C)(C)c2c(C(=O)O)cccc21. The summed E-state index contributed by atoms with van der Waals surface area (Å²) in [5, 5.41) is 30.8. The summed E-state index contributed by atoms with van der Waals surface area (Å²) in [6.45, 7) is 12.7. The van der Waals surface area contributed by atoms with Crippen LogP contribution in [0.15, 0.2) is 71.2 Å². The monoisotopic (exact) mass is 541 g/mol. The maximum Gasteiger partial charge on any atom is 0.336 e. The molecule has 2 aromatic carbocycles. The Labute approximate surface area is 232 Å². The van der Waals surface area contributed by atoms with Gasteiger partial charge in [0.15, 0.2) is 5.71 Å². The second-order valence-corrected chi connectivity index (χ2v) is 11.3. The molecule has 0 aromatic heterocycles. The number of likely N-dealkylation sites (N-methyl/N-ethyl adjacent to an activating group) is 1. The van der Waals surface area contributed by atoms with Crippen LogP contribution in [0.2, 0.25) is 0 Å². The molecule has 0 unspecified atom stereocenters. The van der Waals surface area contributed by atoms with E-state index in [0.29, 0.717) is 24.2 Å². The number of hydrogen-bond acceptors (Lipinski definition) is 5. The fourth-order valence-electron chi connectivity index (χ4n) is 6.57. The summed E-state index contributed by atoms with van der Waals surface area (Å²) in [4.78, 5) is 39.5. The number of nitrogens with zero attached hydrogens (tertiary/aromatic N) is 2. The molecule has 0 atom stereocenters. The van der Waals surface area contributed by atoms with E-state index in [9.17, 15) is 29.7 Å². The Hall–Kier alpha value is -4.46. The fourth-order valence-corrected chi connectivity index (χ4v) is 6.57. The van der Waals surface area contributed by atoms with Crippen molar-refractivity contribution in [2.75, 3.05) is 18.0 Å². The Bertz CT molecular complexity index is 1650. The molecule has 3 aliphatic rings. The van der Waals surface area contributed by atoms with Crippen LogP contribution in [0, 0.1) is 0 Å². The summed E-state index contributed by atoms with van der Waals surface area (Å²) in [5.41, 5.74) is 3.68. The molecule has 206 valence electrons. The summed E-state index contributed by atoms with van der Waals surface area (Å²) in [6.07, 6.45) is 3.34. The van der Waals surface area contributed by atoms with Crippen LogP contribution in [0.4, 0.5) is 11.4 Å². The Morgan fingerprint density at radius 3 is 2.05 bits per heavy atom. The molecule has 0 fully saturated rings. The number of ketones is 1. The van der Waals surface area contributed by atoms with Crippen LogP contribution in [0.25, 0.3) is 0 Å². The van der Waals surface area contributed by atoms with Crippen molar-refractivity contribution in [3.8, 4) is 0 Å². The zero-order valence-electron chi connectivity index (χ0n) is 23.5. The summed E-state index contributed by atoms with van der Waals surface area (Å²) in [7, 11) is 0. The quantitative estimate of drug-likeness (QED) is 0.326. The number of carbonyl (C=O) groups is 3. The number of carboxylic acid groups (broad SMARTS) is 2. The Morgan fingerprint density at radius 2 is 1.50 bits per heavy atom.